The number of nitrogens with zero attached hydrogens (tertiary/aromatic N) is 1. The summed E-state index contributed by atoms with van der Waals surface area (Å²) in [4.78, 5) is 2.38. The molecular weight excluding hydrogens is 308 g/mol. The number of halogens is 2. The molecule has 0 atom stereocenters. The van der Waals surface area contributed by atoms with E-state index in [9.17, 15) is 0 Å². The van der Waals surface area contributed by atoms with E-state index in [0.717, 1.165) is 27.7 Å². The van der Waals surface area contributed by atoms with E-state index in [0.29, 0.717) is 0 Å². The Kier molecular flexibility index (Phi) is 3.02. The fraction of sp³-hybridized carbons (Fsp3) is 0.400. The predicted molar refractivity (Wildman–Crippen MR) is 67.7 cm³/mol. The molecule has 1 heterocycles. The van der Waals surface area contributed by atoms with Crippen molar-refractivity contribution in [3.05, 3.63) is 21.1 Å². The molecule has 1 aliphatic heterocycles. The van der Waals surface area contributed by atoms with Crippen LogP contribution in [0.1, 0.15) is 12.8 Å². The molecule has 2 rings (SSSR count). The van der Waals surface area contributed by atoms with Gasteiger partial charge in [0.2, 0.25) is 0 Å². The normalized spacial score (nSPS) is 16.3. The SMILES string of the molecule is Nc1cc(Br)c(N2CCCC2)c(Br)c1. The lowest BCUT2D eigenvalue weighted by atomic mass is 10.2. The van der Waals surface area contributed by atoms with Gasteiger partial charge in [0.05, 0.1) is 5.69 Å². The van der Waals surface area contributed by atoms with Crippen LogP contribution in [0.5, 0.6) is 0 Å². The molecule has 1 saturated heterocycles. The quantitative estimate of drug-likeness (QED) is 0.804. The van der Waals surface area contributed by atoms with Crippen molar-refractivity contribution in [3.8, 4) is 0 Å². The highest BCUT2D eigenvalue weighted by Gasteiger charge is 2.17. The van der Waals surface area contributed by atoms with Crippen LogP contribution >= 0.6 is 31.9 Å². The second kappa shape index (κ2) is 4.11. The van der Waals surface area contributed by atoms with Crippen LogP contribution < -0.4 is 10.6 Å². The lowest BCUT2D eigenvalue weighted by Crippen LogP contribution is -2.18. The minimum atomic E-state index is 0.784. The molecule has 4 heteroatoms. The Labute approximate surface area is 101 Å². The Morgan fingerprint density at radius 3 is 2.07 bits per heavy atom. The van der Waals surface area contributed by atoms with Gasteiger partial charge in [-0.25, -0.2) is 0 Å². The van der Waals surface area contributed by atoms with Crippen molar-refractivity contribution in [3.63, 3.8) is 0 Å². The third kappa shape index (κ3) is 1.91. The maximum absolute atomic E-state index is 5.75. The van der Waals surface area contributed by atoms with Crippen LogP contribution in [-0.4, -0.2) is 13.1 Å². The minimum absolute atomic E-state index is 0.784. The molecule has 1 aromatic carbocycles. The summed E-state index contributed by atoms with van der Waals surface area (Å²) in [7, 11) is 0. The Hall–Kier alpha value is -0.220. The van der Waals surface area contributed by atoms with E-state index in [1.54, 1.807) is 0 Å². The summed E-state index contributed by atoms with van der Waals surface area (Å²) < 4.78 is 2.15. The third-order valence-corrected chi connectivity index (χ3v) is 3.67. The average Bonchev–Trinajstić information content (AvgIpc) is 2.54. The fourth-order valence-electron chi connectivity index (χ4n) is 1.83. The lowest BCUT2D eigenvalue weighted by molar-refractivity contribution is 0.949. The number of nitrogen functional groups attached to an aromatic ring is 1. The molecule has 0 amide bonds. The number of rotatable bonds is 1. The first kappa shape index (κ1) is 10.3. The Bertz CT molecular complexity index is 323. The molecule has 76 valence electrons. The van der Waals surface area contributed by atoms with Gasteiger partial charge in [-0.05, 0) is 56.8 Å². The van der Waals surface area contributed by atoms with Crippen LogP contribution in [0.15, 0.2) is 21.1 Å². The summed E-state index contributed by atoms with van der Waals surface area (Å²) >= 11 is 7.11. The largest absolute Gasteiger partial charge is 0.399 e. The molecule has 14 heavy (non-hydrogen) atoms. The van der Waals surface area contributed by atoms with Crippen LogP contribution in [-0.2, 0) is 0 Å². The summed E-state index contributed by atoms with van der Waals surface area (Å²) in [5.74, 6) is 0. The Morgan fingerprint density at radius 2 is 1.57 bits per heavy atom. The molecule has 0 bridgehead atoms. The predicted octanol–water partition coefficient (Wildman–Crippen LogP) is 3.39. The van der Waals surface area contributed by atoms with E-state index in [-0.39, 0.29) is 0 Å². The minimum Gasteiger partial charge on any atom is -0.399 e. The van der Waals surface area contributed by atoms with Crippen LogP contribution in [0.25, 0.3) is 0 Å². The number of nitrogens with two attached hydrogens (primary N) is 1. The lowest BCUT2D eigenvalue weighted by Gasteiger charge is -2.21. The van der Waals surface area contributed by atoms with Crippen molar-refractivity contribution < 1.29 is 0 Å². The molecule has 0 aromatic heterocycles. The van der Waals surface area contributed by atoms with Gasteiger partial charge in [-0.2, -0.15) is 0 Å². The second-order valence-corrected chi connectivity index (χ2v) is 5.24. The molecule has 2 nitrogen and oxygen atoms in total. The number of hydrogen-bond acceptors (Lipinski definition) is 2. The molecule has 0 aliphatic carbocycles. The highest BCUT2D eigenvalue weighted by atomic mass is 79.9. The number of benzene rings is 1. The first-order valence-corrected chi connectivity index (χ1v) is 6.26. The molecule has 0 saturated carbocycles. The van der Waals surface area contributed by atoms with Crippen molar-refractivity contribution in [1.29, 1.82) is 0 Å². The number of anilines is 2. The zero-order valence-corrected chi connectivity index (χ0v) is 10.9. The van der Waals surface area contributed by atoms with Crippen molar-refractivity contribution in [2.75, 3.05) is 23.7 Å². The van der Waals surface area contributed by atoms with Gasteiger partial charge in [0, 0.05) is 27.7 Å². The van der Waals surface area contributed by atoms with Crippen LogP contribution in [0.3, 0.4) is 0 Å². The van der Waals surface area contributed by atoms with Crippen molar-refractivity contribution in [2.24, 2.45) is 0 Å². The topological polar surface area (TPSA) is 29.3 Å². The third-order valence-electron chi connectivity index (χ3n) is 2.46. The van der Waals surface area contributed by atoms with Gasteiger partial charge in [-0.15, -0.1) is 0 Å². The summed E-state index contributed by atoms with van der Waals surface area (Å²) in [5, 5.41) is 0. The molecular formula is C10H12Br2N2. The van der Waals surface area contributed by atoms with Crippen LogP contribution in [0, 0.1) is 0 Å². The first-order chi connectivity index (χ1) is 6.68. The van der Waals surface area contributed by atoms with Crippen LogP contribution in [0.2, 0.25) is 0 Å². The zero-order valence-electron chi connectivity index (χ0n) is 7.76. The van der Waals surface area contributed by atoms with E-state index in [1.165, 1.54) is 18.5 Å². The smallest absolute Gasteiger partial charge is 0.0656 e. The van der Waals surface area contributed by atoms with E-state index in [1.807, 2.05) is 12.1 Å². The summed E-state index contributed by atoms with van der Waals surface area (Å²) in [6, 6.07) is 3.91. The van der Waals surface area contributed by atoms with Crippen molar-refractivity contribution >= 4 is 43.2 Å². The average molecular weight is 320 g/mol. The van der Waals surface area contributed by atoms with E-state index >= 15 is 0 Å². The standard InChI is InChI=1S/C10H12Br2N2/c11-8-5-7(13)6-9(12)10(8)14-3-1-2-4-14/h5-6H,1-4,13H2. The maximum atomic E-state index is 5.75. The fourth-order valence-corrected chi connectivity index (χ4v) is 3.55. The van der Waals surface area contributed by atoms with Gasteiger partial charge in [-0.1, -0.05) is 0 Å². The van der Waals surface area contributed by atoms with Gasteiger partial charge < -0.3 is 10.6 Å². The molecule has 0 radical (unpaired) electrons. The van der Waals surface area contributed by atoms with Gasteiger partial charge in [0.15, 0.2) is 0 Å². The maximum Gasteiger partial charge on any atom is 0.0656 e. The van der Waals surface area contributed by atoms with E-state index in [2.05, 4.69) is 36.8 Å². The summed E-state index contributed by atoms with van der Waals surface area (Å²) in [5.41, 5.74) is 7.77. The second-order valence-electron chi connectivity index (χ2n) is 3.53. The Morgan fingerprint density at radius 1 is 1.07 bits per heavy atom. The molecule has 1 aliphatic rings. The highest BCUT2D eigenvalue weighted by Crippen LogP contribution is 2.37. The highest BCUT2D eigenvalue weighted by molar-refractivity contribution is 9.11. The van der Waals surface area contributed by atoms with E-state index in [4.69, 9.17) is 5.73 Å². The van der Waals surface area contributed by atoms with Crippen molar-refractivity contribution in [1.82, 2.24) is 0 Å². The molecule has 1 aromatic rings. The van der Waals surface area contributed by atoms with Crippen molar-refractivity contribution in [2.45, 2.75) is 12.8 Å². The number of hydrogen-bond donors (Lipinski definition) is 1. The molecule has 1 fully saturated rings. The summed E-state index contributed by atoms with van der Waals surface area (Å²) in [6.45, 7) is 2.28. The van der Waals surface area contributed by atoms with Gasteiger partial charge in [0.1, 0.15) is 0 Å². The van der Waals surface area contributed by atoms with Crippen LogP contribution in [0.4, 0.5) is 11.4 Å². The molecule has 0 spiro atoms. The zero-order chi connectivity index (χ0) is 10.1. The van der Waals surface area contributed by atoms with Gasteiger partial charge in [0.25, 0.3) is 0 Å². The summed E-state index contributed by atoms with van der Waals surface area (Å²) in [6.07, 6.45) is 2.56. The Balaban J connectivity index is 2.40. The van der Waals surface area contributed by atoms with Gasteiger partial charge in [-0.3, -0.25) is 0 Å². The first-order valence-electron chi connectivity index (χ1n) is 4.68. The molecule has 0 unspecified atom stereocenters. The monoisotopic (exact) mass is 318 g/mol. The van der Waals surface area contributed by atoms with E-state index < -0.39 is 0 Å². The molecule has 2 N–H and O–H groups in total. The van der Waals surface area contributed by atoms with Gasteiger partial charge >= 0.3 is 0 Å².